The molecule has 2 saturated carbocycles. The summed E-state index contributed by atoms with van der Waals surface area (Å²) < 4.78 is 0. The van der Waals surface area contributed by atoms with Crippen LogP contribution in [0.4, 0.5) is 0 Å². The van der Waals surface area contributed by atoms with Gasteiger partial charge in [0, 0.05) is 38.3 Å². The van der Waals surface area contributed by atoms with Crippen molar-refractivity contribution in [1.82, 2.24) is 9.80 Å². The van der Waals surface area contributed by atoms with Crippen molar-refractivity contribution in [1.29, 1.82) is 0 Å². The Kier molecular flexibility index (Phi) is 5.50. The fraction of sp³-hybridized carbons (Fsp3) is 1.00. The van der Waals surface area contributed by atoms with E-state index in [2.05, 4.69) is 37.5 Å². The molecule has 0 bridgehead atoms. The SMILES string of the molecule is CC(C)C1CCC(N2CCN(C3CC(C(C)C)C3)CC2)CC1. The minimum absolute atomic E-state index is 0.894. The van der Waals surface area contributed by atoms with Gasteiger partial charge in [0.1, 0.15) is 0 Å². The van der Waals surface area contributed by atoms with Gasteiger partial charge in [0.15, 0.2) is 0 Å². The molecule has 2 nitrogen and oxygen atoms in total. The number of rotatable bonds is 4. The molecule has 0 spiro atoms. The second kappa shape index (κ2) is 7.21. The molecule has 1 aliphatic heterocycles. The minimum Gasteiger partial charge on any atom is -0.298 e. The van der Waals surface area contributed by atoms with Gasteiger partial charge < -0.3 is 0 Å². The summed E-state index contributed by atoms with van der Waals surface area (Å²) in [4.78, 5) is 5.63. The maximum absolute atomic E-state index is 2.83. The van der Waals surface area contributed by atoms with Crippen LogP contribution in [-0.2, 0) is 0 Å². The molecule has 0 amide bonds. The summed E-state index contributed by atoms with van der Waals surface area (Å²) in [5.74, 6) is 3.80. The zero-order chi connectivity index (χ0) is 15.7. The van der Waals surface area contributed by atoms with Gasteiger partial charge in [-0.25, -0.2) is 0 Å². The molecule has 0 unspecified atom stereocenters. The molecule has 2 heteroatoms. The smallest absolute Gasteiger partial charge is 0.0113 e. The Morgan fingerprint density at radius 3 is 1.50 bits per heavy atom. The van der Waals surface area contributed by atoms with E-state index >= 15 is 0 Å². The maximum Gasteiger partial charge on any atom is 0.0113 e. The molecular formula is C20H38N2. The third-order valence-corrected chi connectivity index (χ3v) is 7.16. The van der Waals surface area contributed by atoms with E-state index in [-0.39, 0.29) is 0 Å². The van der Waals surface area contributed by atoms with Crippen LogP contribution in [-0.4, -0.2) is 48.1 Å². The lowest BCUT2D eigenvalue weighted by atomic mass is 9.73. The van der Waals surface area contributed by atoms with Crippen molar-refractivity contribution in [3.63, 3.8) is 0 Å². The molecule has 22 heavy (non-hydrogen) atoms. The van der Waals surface area contributed by atoms with Crippen molar-refractivity contribution < 1.29 is 0 Å². The topological polar surface area (TPSA) is 6.48 Å². The highest BCUT2D eigenvalue weighted by Crippen LogP contribution is 2.38. The van der Waals surface area contributed by atoms with Crippen LogP contribution in [0.25, 0.3) is 0 Å². The first-order chi connectivity index (χ1) is 10.5. The Labute approximate surface area is 138 Å². The molecule has 0 aromatic carbocycles. The largest absolute Gasteiger partial charge is 0.298 e. The lowest BCUT2D eigenvalue weighted by Crippen LogP contribution is -2.56. The maximum atomic E-state index is 2.83. The van der Waals surface area contributed by atoms with Crippen LogP contribution in [0.5, 0.6) is 0 Å². The summed E-state index contributed by atoms with van der Waals surface area (Å²) in [5, 5.41) is 0. The Balaban J connectivity index is 1.38. The van der Waals surface area contributed by atoms with E-state index < -0.39 is 0 Å². The van der Waals surface area contributed by atoms with E-state index in [9.17, 15) is 0 Å². The lowest BCUT2D eigenvalue weighted by Gasteiger charge is -2.49. The first-order valence-corrected chi connectivity index (χ1v) is 10.0. The lowest BCUT2D eigenvalue weighted by molar-refractivity contribution is 0.000473. The third-order valence-electron chi connectivity index (χ3n) is 7.16. The first kappa shape index (κ1) is 16.8. The van der Waals surface area contributed by atoms with Crippen LogP contribution in [0.2, 0.25) is 0 Å². The normalized spacial score (nSPS) is 38.5. The van der Waals surface area contributed by atoms with E-state index in [0.717, 1.165) is 35.8 Å². The van der Waals surface area contributed by atoms with Gasteiger partial charge in [0.25, 0.3) is 0 Å². The monoisotopic (exact) mass is 306 g/mol. The van der Waals surface area contributed by atoms with E-state index in [4.69, 9.17) is 0 Å². The molecule has 1 saturated heterocycles. The highest BCUT2D eigenvalue weighted by Gasteiger charge is 2.37. The Hall–Kier alpha value is -0.0800. The summed E-state index contributed by atoms with van der Waals surface area (Å²) in [6, 6.07) is 1.83. The molecule has 0 radical (unpaired) electrons. The van der Waals surface area contributed by atoms with Gasteiger partial charge in [0.2, 0.25) is 0 Å². The Morgan fingerprint density at radius 2 is 1.05 bits per heavy atom. The summed E-state index contributed by atoms with van der Waals surface area (Å²) in [7, 11) is 0. The van der Waals surface area contributed by atoms with Gasteiger partial charge in [0.05, 0.1) is 0 Å². The van der Waals surface area contributed by atoms with Gasteiger partial charge >= 0.3 is 0 Å². The molecule has 0 aromatic rings. The molecule has 2 aliphatic carbocycles. The molecule has 3 aliphatic rings. The molecule has 0 aromatic heterocycles. The van der Waals surface area contributed by atoms with Crippen molar-refractivity contribution in [2.45, 2.75) is 78.3 Å². The zero-order valence-corrected chi connectivity index (χ0v) is 15.4. The molecule has 1 heterocycles. The highest BCUT2D eigenvalue weighted by atomic mass is 15.3. The van der Waals surface area contributed by atoms with Crippen LogP contribution in [0.3, 0.4) is 0 Å². The Bertz CT molecular complexity index is 330. The fourth-order valence-corrected chi connectivity index (χ4v) is 5.07. The molecule has 0 N–H and O–H groups in total. The highest BCUT2D eigenvalue weighted by molar-refractivity contribution is 4.92. The minimum atomic E-state index is 0.894. The number of hydrogen-bond acceptors (Lipinski definition) is 2. The first-order valence-electron chi connectivity index (χ1n) is 10.0. The van der Waals surface area contributed by atoms with Crippen molar-refractivity contribution >= 4 is 0 Å². The summed E-state index contributed by atoms with van der Waals surface area (Å²) in [6.07, 6.45) is 8.81. The zero-order valence-electron chi connectivity index (χ0n) is 15.4. The van der Waals surface area contributed by atoms with Crippen molar-refractivity contribution in [3.05, 3.63) is 0 Å². The van der Waals surface area contributed by atoms with Gasteiger partial charge in [-0.15, -0.1) is 0 Å². The van der Waals surface area contributed by atoms with E-state index in [1.165, 1.54) is 64.7 Å². The number of piperazine rings is 1. The van der Waals surface area contributed by atoms with E-state index in [0.29, 0.717) is 0 Å². The predicted molar refractivity (Wildman–Crippen MR) is 95.1 cm³/mol. The van der Waals surface area contributed by atoms with Gasteiger partial charge in [-0.2, -0.15) is 0 Å². The molecule has 128 valence electrons. The van der Waals surface area contributed by atoms with Gasteiger partial charge in [-0.1, -0.05) is 27.7 Å². The third kappa shape index (κ3) is 3.70. The average Bonchev–Trinajstić information content (AvgIpc) is 2.46. The second-order valence-corrected chi connectivity index (χ2v) is 9.01. The second-order valence-electron chi connectivity index (χ2n) is 9.01. The van der Waals surface area contributed by atoms with Crippen LogP contribution in [0.15, 0.2) is 0 Å². The van der Waals surface area contributed by atoms with Crippen molar-refractivity contribution in [2.24, 2.45) is 23.7 Å². The Morgan fingerprint density at radius 1 is 0.591 bits per heavy atom. The summed E-state index contributed by atoms with van der Waals surface area (Å²) in [6.45, 7) is 14.9. The molecule has 3 fully saturated rings. The molecule has 0 atom stereocenters. The van der Waals surface area contributed by atoms with E-state index in [1.807, 2.05) is 0 Å². The van der Waals surface area contributed by atoms with Crippen molar-refractivity contribution in [3.8, 4) is 0 Å². The van der Waals surface area contributed by atoms with Gasteiger partial charge in [-0.3, -0.25) is 9.80 Å². The number of nitrogens with zero attached hydrogens (tertiary/aromatic N) is 2. The van der Waals surface area contributed by atoms with Crippen LogP contribution in [0, 0.1) is 23.7 Å². The molecular weight excluding hydrogens is 268 g/mol. The van der Waals surface area contributed by atoms with Gasteiger partial charge in [-0.05, 0) is 62.2 Å². The average molecular weight is 307 g/mol. The quantitative estimate of drug-likeness (QED) is 0.766. The van der Waals surface area contributed by atoms with Crippen LogP contribution >= 0.6 is 0 Å². The number of hydrogen-bond donors (Lipinski definition) is 0. The fourth-order valence-electron chi connectivity index (χ4n) is 5.07. The summed E-state index contributed by atoms with van der Waals surface area (Å²) in [5.41, 5.74) is 0. The van der Waals surface area contributed by atoms with Crippen LogP contribution < -0.4 is 0 Å². The van der Waals surface area contributed by atoms with Crippen LogP contribution in [0.1, 0.15) is 66.2 Å². The molecule has 3 rings (SSSR count). The predicted octanol–water partition coefficient (Wildman–Crippen LogP) is 4.25. The van der Waals surface area contributed by atoms with Crippen molar-refractivity contribution in [2.75, 3.05) is 26.2 Å². The summed E-state index contributed by atoms with van der Waals surface area (Å²) >= 11 is 0. The standard InChI is InChI=1S/C20H38N2/c1-15(2)17-5-7-19(8-6-17)21-9-11-22(12-10-21)20-13-18(14-20)16(3)4/h15-20H,5-14H2,1-4H3. The van der Waals surface area contributed by atoms with E-state index in [1.54, 1.807) is 0 Å².